The Morgan fingerprint density at radius 1 is 1.47 bits per heavy atom. The lowest BCUT2D eigenvalue weighted by molar-refractivity contribution is -0.133. The monoisotopic (exact) mass is 236 g/mol. The molecule has 0 atom stereocenters. The molecule has 0 fully saturated rings. The van der Waals surface area contributed by atoms with Crippen molar-refractivity contribution >= 4 is 11.6 Å². The second kappa shape index (κ2) is 5.57. The van der Waals surface area contributed by atoms with Crippen molar-refractivity contribution in [3.63, 3.8) is 0 Å². The van der Waals surface area contributed by atoms with Crippen molar-refractivity contribution < 1.29 is 9.53 Å². The van der Waals surface area contributed by atoms with Crippen molar-refractivity contribution in [1.82, 2.24) is 4.90 Å². The number of carbonyl (C=O) groups is 1. The van der Waals surface area contributed by atoms with Gasteiger partial charge in [0.1, 0.15) is 5.75 Å². The summed E-state index contributed by atoms with van der Waals surface area (Å²) in [6, 6.07) is 5.59. The van der Waals surface area contributed by atoms with E-state index in [4.69, 9.17) is 10.5 Å². The van der Waals surface area contributed by atoms with Gasteiger partial charge in [-0.05, 0) is 32.4 Å². The van der Waals surface area contributed by atoms with E-state index in [-0.39, 0.29) is 18.6 Å². The zero-order chi connectivity index (χ0) is 13.0. The minimum Gasteiger partial charge on any atom is -0.483 e. The van der Waals surface area contributed by atoms with Crippen LogP contribution in [0.25, 0.3) is 0 Å². The number of anilines is 1. The van der Waals surface area contributed by atoms with E-state index in [0.717, 1.165) is 5.56 Å². The van der Waals surface area contributed by atoms with E-state index >= 15 is 0 Å². The van der Waals surface area contributed by atoms with Gasteiger partial charge in [-0.1, -0.05) is 6.07 Å². The molecule has 1 rings (SSSR count). The Kier molecular flexibility index (Phi) is 4.37. The molecule has 0 aromatic heterocycles. The fourth-order valence-corrected chi connectivity index (χ4v) is 1.30. The Hall–Kier alpha value is -1.71. The fraction of sp³-hybridized carbons (Fsp3) is 0.462. The minimum atomic E-state index is -0.0400. The molecule has 4 heteroatoms. The second-order valence-electron chi connectivity index (χ2n) is 4.41. The van der Waals surface area contributed by atoms with Gasteiger partial charge in [-0.3, -0.25) is 4.79 Å². The first kappa shape index (κ1) is 13.4. The van der Waals surface area contributed by atoms with Crippen LogP contribution < -0.4 is 10.5 Å². The highest BCUT2D eigenvalue weighted by molar-refractivity contribution is 5.77. The van der Waals surface area contributed by atoms with E-state index in [0.29, 0.717) is 11.4 Å². The third kappa shape index (κ3) is 3.66. The molecule has 0 heterocycles. The molecule has 0 bridgehead atoms. The molecule has 0 spiro atoms. The Morgan fingerprint density at radius 3 is 2.71 bits per heavy atom. The Morgan fingerprint density at radius 2 is 2.12 bits per heavy atom. The number of amides is 1. The van der Waals surface area contributed by atoms with Crippen molar-refractivity contribution in [1.29, 1.82) is 0 Å². The average Bonchev–Trinajstić information content (AvgIpc) is 2.28. The molecule has 0 saturated carbocycles. The van der Waals surface area contributed by atoms with Crippen LogP contribution in [0, 0.1) is 6.92 Å². The predicted molar refractivity (Wildman–Crippen MR) is 69.0 cm³/mol. The highest BCUT2D eigenvalue weighted by atomic mass is 16.5. The lowest BCUT2D eigenvalue weighted by Gasteiger charge is -2.21. The van der Waals surface area contributed by atoms with E-state index in [1.54, 1.807) is 18.0 Å². The van der Waals surface area contributed by atoms with Crippen LogP contribution in [0.4, 0.5) is 5.69 Å². The maximum absolute atomic E-state index is 11.7. The van der Waals surface area contributed by atoms with Crippen LogP contribution in [0.5, 0.6) is 5.75 Å². The molecule has 0 unspecified atom stereocenters. The van der Waals surface area contributed by atoms with Gasteiger partial charge >= 0.3 is 0 Å². The van der Waals surface area contributed by atoms with E-state index in [1.165, 1.54) is 0 Å². The standard InChI is InChI=1S/C13H20N2O2/c1-9(2)15(4)13(16)8-17-12-7-11(14)6-5-10(12)3/h5-7,9H,8,14H2,1-4H3. The summed E-state index contributed by atoms with van der Waals surface area (Å²) < 4.78 is 5.48. The molecule has 0 radical (unpaired) electrons. The van der Waals surface area contributed by atoms with Crippen LogP contribution >= 0.6 is 0 Å². The SMILES string of the molecule is Cc1ccc(N)cc1OCC(=O)N(C)C(C)C. The number of nitrogen functional groups attached to an aromatic ring is 1. The first-order valence-corrected chi connectivity index (χ1v) is 5.66. The molecule has 1 aromatic rings. The van der Waals surface area contributed by atoms with Gasteiger partial charge < -0.3 is 15.4 Å². The summed E-state index contributed by atoms with van der Waals surface area (Å²) in [4.78, 5) is 13.4. The lowest BCUT2D eigenvalue weighted by Crippen LogP contribution is -2.36. The normalized spacial score (nSPS) is 10.4. The summed E-state index contributed by atoms with van der Waals surface area (Å²) in [6.07, 6.45) is 0. The number of nitrogens with two attached hydrogens (primary N) is 1. The van der Waals surface area contributed by atoms with E-state index in [1.807, 2.05) is 32.9 Å². The highest BCUT2D eigenvalue weighted by Gasteiger charge is 2.12. The number of nitrogens with zero attached hydrogens (tertiary/aromatic N) is 1. The van der Waals surface area contributed by atoms with Gasteiger partial charge in [0.25, 0.3) is 5.91 Å². The van der Waals surface area contributed by atoms with E-state index in [2.05, 4.69) is 0 Å². The zero-order valence-corrected chi connectivity index (χ0v) is 10.9. The molecule has 4 nitrogen and oxygen atoms in total. The molecule has 0 aliphatic heterocycles. The molecule has 1 amide bonds. The first-order chi connectivity index (χ1) is 7.91. The summed E-state index contributed by atoms with van der Waals surface area (Å²) in [5.74, 6) is 0.623. The van der Waals surface area contributed by atoms with Gasteiger partial charge in [0, 0.05) is 24.8 Å². The smallest absolute Gasteiger partial charge is 0.260 e. The topological polar surface area (TPSA) is 55.6 Å². The lowest BCUT2D eigenvalue weighted by atomic mass is 10.2. The van der Waals surface area contributed by atoms with Gasteiger partial charge in [-0.15, -0.1) is 0 Å². The minimum absolute atomic E-state index is 0.0400. The van der Waals surface area contributed by atoms with E-state index in [9.17, 15) is 4.79 Å². The Bertz CT molecular complexity index is 402. The van der Waals surface area contributed by atoms with Gasteiger partial charge in [0.05, 0.1) is 0 Å². The summed E-state index contributed by atoms with van der Waals surface area (Å²) in [5.41, 5.74) is 7.27. The van der Waals surface area contributed by atoms with Crippen LogP contribution in [0.3, 0.4) is 0 Å². The average molecular weight is 236 g/mol. The molecule has 17 heavy (non-hydrogen) atoms. The molecule has 0 saturated heterocycles. The summed E-state index contributed by atoms with van der Waals surface area (Å²) in [7, 11) is 1.77. The van der Waals surface area contributed by atoms with Crippen molar-refractivity contribution in [3.8, 4) is 5.75 Å². The predicted octanol–water partition coefficient (Wildman–Crippen LogP) is 1.82. The van der Waals surface area contributed by atoms with Crippen molar-refractivity contribution in [2.24, 2.45) is 0 Å². The van der Waals surface area contributed by atoms with Gasteiger partial charge in [-0.2, -0.15) is 0 Å². The second-order valence-corrected chi connectivity index (χ2v) is 4.41. The van der Waals surface area contributed by atoms with Gasteiger partial charge in [-0.25, -0.2) is 0 Å². The maximum atomic E-state index is 11.7. The number of rotatable bonds is 4. The number of hydrogen-bond donors (Lipinski definition) is 1. The summed E-state index contributed by atoms with van der Waals surface area (Å²) in [5, 5.41) is 0. The quantitative estimate of drug-likeness (QED) is 0.811. The number of likely N-dealkylation sites (N-methyl/N-ethyl adjacent to an activating group) is 1. The Balaban J connectivity index is 2.61. The Labute approximate surface area is 102 Å². The van der Waals surface area contributed by atoms with Crippen molar-refractivity contribution in [3.05, 3.63) is 23.8 Å². The number of carbonyl (C=O) groups excluding carboxylic acids is 1. The van der Waals surface area contributed by atoms with E-state index < -0.39 is 0 Å². The molecule has 1 aromatic carbocycles. The third-order valence-electron chi connectivity index (χ3n) is 2.73. The van der Waals surface area contributed by atoms with Crippen molar-refractivity contribution in [2.45, 2.75) is 26.8 Å². The first-order valence-electron chi connectivity index (χ1n) is 5.66. The number of benzene rings is 1. The molecular formula is C13H20N2O2. The number of hydrogen-bond acceptors (Lipinski definition) is 3. The molecule has 94 valence electrons. The molecular weight excluding hydrogens is 216 g/mol. The third-order valence-corrected chi connectivity index (χ3v) is 2.73. The van der Waals surface area contributed by atoms with Gasteiger partial charge in [0.15, 0.2) is 6.61 Å². The number of ether oxygens (including phenoxy) is 1. The van der Waals surface area contributed by atoms with Crippen LogP contribution in [0.15, 0.2) is 18.2 Å². The van der Waals surface area contributed by atoms with Gasteiger partial charge in [0.2, 0.25) is 0 Å². The molecule has 0 aliphatic carbocycles. The van der Waals surface area contributed by atoms with Crippen LogP contribution in [-0.2, 0) is 4.79 Å². The summed E-state index contributed by atoms with van der Waals surface area (Å²) >= 11 is 0. The van der Waals surface area contributed by atoms with Crippen LogP contribution in [0.2, 0.25) is 0 Å². The molecule has 2 N–H and O–H groups in total. The number of aryl methyl sites for hydroxylation is 1. The largest absolute Gasteiger partial charge is 0.483 e. The molecule has 0 aliphatic rings. The van der Waals surface area contributed by atoms with Crippen molar-refractivity contribution in [2.75, 3.05) is 19.4 Å². The van der Waals surface area contributed by atoms with Crippen LogP contribution in [-0.4, -0.2) is 30.5 Å². The highest BCUT2D eigenvalue weighted by Crippen LogP contribution is 2.20. The maximum Gasteiger partial charge on any atom is 0.260 e. The summed E-state index contributed by atoms with van der Waals surface area (Å²) in [6.45, 7) is 5.89. The van der Waals surface area contributed by atoms with Crippen LogP contribution in [0.1, 0.15) is 19.4 Å². The fourth-order valence-electron chi connectivity index (χ4n) is 1.30. The zero-order valence-electron chi connectivity index (χ0n) is 10.9.